The third kappa shape index (κ3) is 6.99. The van der Waals surface area contributed by atoms with Crippen molar-refractivity contribution < 1.29 is 14.6 Å². The standard InChI is InChI=1S/C12H17NO3S/c14-7-9-16-8-6-13-12(15)10-17-11-4-2-1-3-5-11/h1-5,14H,6-10H2,(H,13,15). The molecule has 1 aromatic rings. The summed E-state index contributed by atoms with van der Waals surface area (Å²) in [5.74, 6) is 0.399. The molecule has 1 rings (SSSR count). The first-order valence-corrected chi connectivity index (χ1v) is 6.44. The minimum absolute atomic E-state index is 0.00792. The topological polar surface area (TPSA) is 58.6 Å². The molecule has 0 fully saturated rings. The minimum atomic E-state index is -0.00792. The molecular weight excluding hydrogens is 238 g/mol. The number of amides is 1. The molecule has 4 nitrogen and oxygen atoms in total. The van der Waals surface area contributed by atoms with E-state index in [0.29, 0.717) is 25.5 Å². The van der Waals surface area contributed by atoms with Gasteiger partial charge >= 0.3 is 0 Å². The molecule has 2 N–H and O–H groups in total. The first kappa shape index (κ1) is 14.0. The lowest BCUT2D eigenvalue weighted by atomic mass is 10.4. The van der Waals surface area contributed by atoms with Gasteiger partial charge in [-0.05, 0) is 12.1 Å². The second-order valence-corrected chi connectivity index (χ2v) is 4.34. The zero-order valence-corrected chi connectivity index (χ0v) is 10.4. The first-order chi connectivity index (χ1) is 8.33. The van der Waals surface area contributed by atoms with Crippen LogP contribution in [0.2, 0.25) is 0 Å². The molecule has 1 amide bonds. The maximum Gasteiger partial charge on any atom is 0.230 e. The number of carbonyl (C=O) groups is 1. The number of hydrogen-bond acceptors (Lipinski definition) is 4. The summed E-state index contributed by atoms with van der Waals surface area (Å²) in [5.41, 5.74) is 0. The lowest BCUT2D eigenvalue weighted by molar-refractivity contribution is -0.118. The van der Waals surface area contributed by atoms with Gasteiger partial charge < -0.3 is 15.2 Å². The van der Waals surface area contributed by atoms with Gasteiger partial charge in [0.25, 0.3) is 0 Å². The van der Waals surface area contributed by atoms with Crippen molar-refractivity contribution in [2.75, 3.05) is 32.1 Å². The van der Waals surface area contributed by atoms with Gasteiger partial charge in [0.1, 0.15) is 0 Å². The Hall–Kier alpha value is -1.04. The van der Waals surface area contributed by atoms with E-state index in [1.807, 2.05) is 30.3 Å². The van der Waals surface area contributed by atoms with Gasteiger partial charge in [-0.2, -0.15) is 0 Å². The highest BCUT2D eigenvalue weighted by Crippen LogP contribution is 2.15. The molecule has 0 unspecified atom stereocenters. The summed E-state index contributed by atoms with van der Waals surface area (Å²) < 4.78 is 5.02. The Bertz CT molecular complexity index is 319. The average molecular weight is 255 g/mol. The quantitative estimate of drug-likeness (QED) is 0.535. The van der Waals surface area contributed by atoms with Gasteiger partial charge in [0.15, 0.2) is 0 Å². The predicted molar refractivity (Wildman–Crippen MR) is 68.1 cm³/mol. The van der Waals surface area contributed by atoms with Gasteiger partial charge in [0.05, 0.1) is 25.6 Å². The van der Waals surface area contributed by atoms with Crippen molar-refractivity contribution >= 4 is 17.7 Å². The summed E-state index contributed by atoms with van der Waals surface area (Å²) in [4.78, 5) is 12.5. The van der Waals surface area contributed by atoms with Gasteiger partial charge in [0.2, 0.25) is 5.91 Å². The number of rotatable bonds is 8. The Kier molecular flexibility index (Phi) is 7.46. The predicted octanol–water partition coefficient (Wildman–Crippen LogP) is 0.904. The van der Waals surface area contributed by atoms with Crippen LogP contribution in [0.3, 0.4) is 0 Å². The highest BCUT2D eigenvalue weighted by Gasteiger charge is 2.01. The van der Waals surface area contributed by atoms with Crippen LogP contribution in [0.4, 0.5) is 0 Å². The third-order valence-electron chi connectivity index (χ3n) is 1.92. The normalized spacial score (nSPS) is 10.2. The van der Waals surface area contributed by atoms with E-state index in [1.165, 1.54) is 11.8 Å². The fourth-order valence-corrected chi connectivity index (χ4v) is 1.90. The van der Waals surface area contributed by atoms with Gasteiger partial charge in [-0.1, -0.05) is 18.2 Å². The van der Waals surface area contributed by atoms with Crippen LogP contribution in [0, 0.1) is 0 Å². The summed E-state index contributed by atoms with van der Waals surface area (Å²) >= 11 is 1.50. The van der Waals surface area contributed by atoms with Gasteiger partial charge in [0, 0.05) is 11.4 Å². The highest BCUT2D eigenvalue weighted by atomic mass is 32.2. The smallest absolute Gasteiger partial charge is 0.230 e. The molecule has 0 atom stereocenters. The van der Waals surface area contributed by atoms with Crippen LogP contribution in [0.5, 0.6) is 0 Å². The van der Waals surface area contributed by atoms with Gasteiger partial charge in [-0.25, -0.2) is 0 Å². The first-order valence-electron chi connectivity index (χ1n) is 5.46. The van der Waals surface area contributed by atoms with Crippen LogP contribution in [0.1, 0.15) is 0 Å². The van der Waals surface area contributed by atoms with E-state index in [2.05, 4.69) is 5.32 Å². The molecule has 17 heavy (non-hydrogen) atoms. The monoisotopic (exact) mass is 255 g/mol. The van der Waals surface area contributed by atoms with E-state index < -0.39 is 0 Å². The van der Waals surface area contributed by atoms with Crippen LogP contribution in [0.25, 0.3) is 0 Å². The van der Waals surface area contributed by atoms with Crippen molar-refractivity contribution in [3.05, 3.63) is 30.3 Å². The van der Waals surface area contributed by atoms with Crippen molar-refractivity contribution in [2.24, 2.45) is 0 Å². The van der Waals surface area contributed by atoms with Crippen LogP contribution >= 0.6 is 11.8 Å². The molecule has 0 aromatic heterocycles. The summed E-state index contributed by atoms with van der Waals surface area (Å²) in [6.07, 6.45) is 0. The Morgan fingerprint density at radius 3 is 2.76 bits per heavy atom. The Morgan fingerprint density at radius 1 is 1.29 bits per heavy atom. The van der Waals surface area contributed by atoms with Crippen LogP contribution < -0.4 is 5.32 Å². The molecule has 1 aromatic carbocycles. The number of nitrogens with one attached hydrogen (secondary N) is 1. The molecule has 0 aliphatic heterocycles. The Morgan fingerprint density at radius 2 is 2.06 bits per heavy atom. The molecule has 0 saturated heterocycles. The van der Waals surface area contributed by atoms with E-state index in [-0.39, 0.29) is 12.5 Å². The van der Waals surface area contributed by atoms with E-state index >= 15 is 0 Å². The van der Waals surface area contributed by atoms with Crippen LogP contribution in [0.15, 0.2) is 35.2 Å². The highest BCUT2D eigenvalue weighted by molar-refractivity contribution is 8.00. The zero-order chi connectivity index (χ0) is 12.3. The molecular formula is C12H17NO3S. The molecule has 0 aliphatic rings. The average Bonchev–Trinajstić information content (AvgIpc) is 2.37. The number of ether oxygens (including phenoxy) is 1. The minimum Gasteiger partial charge on any atom is -0.394 e. The number of carbonyl (C=O) groups excluding carboxylic acids is 1. The molecule has 0 bridgehead atoms. The van der Waals surface area contributed by atoms with Gasteiger partial charge in [-0.3, -0.25) is 4.79 Å². The molecule has 5 heteroatoms. The second-order valence-electron chi connectivity index (χ2n) is 3.29. The molecule has 0 radical (unpaired) electrons. The molecule has 0 saturated carbocycles. The lowest BCUT2D eigenvalue weighted by Gasteiger charge is -2.05. The fourth-order valence-electron chi connectivity index (χ4n) is 1.15. The summed E-state index contributed by atoms with van der Waals surface area (Å²) in [6, 6.07) is 9.79. The van der Waals surface area contributed by atoms with Gasteiger partial charge in [-0.15, -0.1) is 11.8 Å². The van der Waals surface area contributed by atoms with E-state index in [9.17, 15) is 4.79 Å². The Labute approximate surface area is 105 Å². The largest absolute Gasteiger partial charge is 0.394 e. The van der Waals surface area contributed by atoms with Crippen molar-refractivity contribution in [1.29, 1.82) is 0 Å². The lowest BCUT2D eigenvalue weighted by Crippen LogP contribution is -2.28. The van der Waals surface area contributed by atoms with Crippen LogP contribution in [-0.2, 0) is 9.53 Å². The maximum atomic E-state index is 11.4. The van der Waals surface area contributed by atoms with Crippen LogP contribution in [-0.4, -0.2) is 43.1 Å². The number of benzene rings is 1. The second kappa shape index (κ2) is 9.04. The van der Waals surface area contributed by atoms with E-state index in [0.717, 1.165) is 4.90 Å². The number of thioether (sulfide) groups is 1. The summed E-state index contributed by atoms with van der Waals surface area (Å²) in [7, 11) is 0. The number of hydrogen-bond donors (Lipinski definition) is 2. The van der Waals surface area contributed by atoms with Crippen molar-refractivity contribution in [3.8, 4) is 0 Å². The fraction of sp³-hybridized carbons (Fsp3) is 0.417. The van der Waals surface area contributed by atoms with E-state index in [1.54, 1.807) is 0 Å². The molecule has 0 spiro atoms. The maximum absolute atomic E-state index is 11.4. The van der Waals surface area contributed by atoms with Crippen molar-refractivity contribution in [3.63, 3.8) is 0 Å². The molecule has 0 heterocycles. The van der Waals surface area contributed by atoms with E-state index in [4.69, 9.17) is 9.84 Å². The summed E-state index contributed by atoms with van der Waals surface area (Å²) in [5, 5.41) is 11.2. The van der Waals surface area contributed by atoms with Crippen molar-refractivity contribution in [2.45, 2.75) is 4.90 Å². The molecule has 94 valence electrons. The SMILES string of the molecule is O=C(CSc1ccccc1)NCCOCCO. The molecule has 0 aliphatic carbocycles. The number of aliphatic hydroxyl groups excluding tert-OH is 1. The third-order valence-corrected chi connectivity index (χ3v) is 2.93. The number of aliphatic hydroxyl groups is 1. The zero-order valence-electron chi connectivity index (χ0n) is 9.59. The Balaban J connectivity index is 2.05. The summed E-state index contributed by atoms with van der Waals surface area (Å²) in [6.45, 7) is 1.24. The van der Waals surface area contributed by atoms with Crippen molar-refractivity contribution in [1.82, 2.24) is 5.32 Å².